The second-order valence-corrected chi connectivity index (χ2v) is 5.12. The summed E-state index contributed by atoms with van der Waals surface area (Å²) in [7, 11) is 1.39. The third-order valence-electron chi connectivity index (χ3n) is 3.04. The van der Waals surface area contributed by atoms with Crippen molar-refractivity contribution >= 4 is 12.2 Å². The number of hydrogen-bond donors (Lipinski definition) is 0. The van der Waals surface area contributed by atoms with Crippen LogP contribution in [0.15, 0.2) is 24.3 Å². The Labute approximate surface area is 131 Å². The molecule has 1 aromatic carbocycles. The number of aryl methyl sites for hydroxylation is 1. The third kappa shape index (κ3) is 3.49. The zero-order valence-corrected chi connectivity index (χ0v) is 13.0. The van der Waals surface area contributed by atoms with Gasteiger partial charge in [0, 0.05) is 7.05 Å². The van der Waals surface area contributed by atoms with Gasteiger partial charge < -0.3 is 4.74 Å². The van der Waals surface area contributed by atoms with Gasteiger partial charge in [0.15, 0.2) is 0 Å². The molecule has 0 N–H and O–H groups in total. The summed E-state index contributed by atoms with van der Waals surface area (Å²) >= 11 is 5.02. The van der Waals surface area contributed by atoms with Gasteiger partial charge in [-0.25, -0.2) is 4.68 Å². The average Bonchev–Trinajstić information content (AvgIpc) is 2.76. The Morgan fingerprint density at radius 2 is 1.86 bits per heavy atom. The van der Waals surface area contributed by atoms with E-state index in [1.54, 1.807) is 12.1 Å². The number of aromatic nitrogens is 3. The quantitative estimate of drug-likeness (QED) is 0.610. The number of unbranched alkanes of at least 4 members (excludes halogenated alkanes) is 1. The zero-order chi connectivity index (χ0) is 16.3. The predicted molar refractivity (Wildman–Crippen MR) is 78.8 cm³/mol. The van der Waals surface area contributed by atoms with E-state index >= 15 is 0 Å². The summed E-state index contributed by atoms with van der Waals surface area (Å²) in [5.74, 6) is -0.430. The van der Waals surface area contributed by atoms with Crippen LogP contribution >= 0.6 is 12.2 Å². The number of rotatable bonds is 5. The topological polar surface area (TPSA) is 32.0 Å². The normalized spacial score (nSPS) is 11.7. The smallest absolute Gasteiger partial charge is 0.452 e. The fourth-order valence-electron chi connectivity index (χ4n) is 1.91. The summed E-state index contributed by atoms with van der Waals surface area (Å²) in [6.07, 6.45) is -2.64. The Bertz CT molecular complexity index is 689. The summed E-state index contributed by atoms with van der Waals surface area (Å²) in [6.45, 7) is 2.63. The molecule has 0 spiro atoms. The Morgan fingerprint density at radius 3 is 2.41 bits per heavy atom. The number of alkyl halides is 3. The van der Waals surface area contributed by atoms with Crippen LogP contribution in [-0.4, -0.2) is 21.0 Å². The molecule has 0 aliphatic carbocycles. The van der Waals surface area contributed by atoms with Crippen LogP contribution < -0.4 is 4.74 Å². The zero-order valence-electron chi connectivity index (χ0n) is 12.2. The molecule has 0 amide bonds. The molecule has 4 nitrogen and oxygen atoms in total. The molecule has 0 aliphatic rings. The van der Waals surface area contributed by atoms with Crippen LogP contribution in [-0.2, 0) is 13.2 Å². The van der Waals surface area contributed by atoms with E-state index in [2.05, 4.69) is 12.0 Å². The van der Waals surface area contributed by atoms with Gasteiger partial charge >= 0.3 is 6.18 Å². The van der Waals surface area contributed by atoms with Gasteiger partial charge in [-0.2, -0.15) is 13.2 Å². The predicted octanol–water partition coefficient (Wildman–Crippen LogP) is 4.14. The molecule has 2 rings (SSSR count). The fraction of sp³-hybridized carbons (Fsp3) is 0.429. The van der Waals surface area contributed by atoms with E-state index in [-0.39, 0.29) is 4.77 Å². The Kier molecular flexibility index (Phi) is 4.90. The van der Waals surface area contributed by atoms with Crippen LogP contribution in [0.2, 0.25) is 0 Å². The molecule has 120 valence electrons. The summed E-state index contributed by atoms with van der Waals surface area (Å²) in [5, 5.41) is 3.46. The van der Waals surface area contributed by atoms with Crippen LogP contribution in [0, 0.1) is 4.77 Å². The van der Waals surface area contributed by atoms with Crippen LogP contribution in [0.4, 0.5) is 13.2 Å². The first-order valence-corrected chi connectivity index (χ1v) is 7.22. The third-order valence-corrected chi connectivity index (χ3v) is 3.49. The first-order valence-electron chi connectivity index (χ1n) is 6.81. The molecule has 0 radical (unpaired) electrons. The number of benzene rings is 1. The van der Waals surface area contributed by atoms with Crippen molar-refractivity contribution in [2.45, 2.75) is 25.9 Å². The van der Waals surface area contributed by atoms with Crippen molar-refractivity contribution in [2.24, 2.45) is 7.05 Å². The number of hydrogen-bond acceptors (Lipinski definition) is 3. The van der Waals surface area contributed by atoms with Gasteiger partial charge in [-0.3, -0.25) is 4.57 Å². The Balaban J connectivity index is 2.34. The minimum Gasteiger partial charge on any atom is -0.494 e. The van der Waals surface area contributed by atoms with Gasteiger partial charge in [0.1, 0.15) is 5.75 Å². The maximum Gasteiger partial charge on any atom is 0.452 e. The van der Waals surface area contributed by atoms with E-state index in [1.807, 2.05) is 0 Å². The second kappa shape index (κ2) is 6.51. The maximum absolute atomic E-state index is 13.0. The molecule has 0 saturated heterocycles. The molecular weight excluding hydrogens is 315 g/mol. The Hall–Kier alpha value is -1.83. The molecule has 8 heteroatoms. The van der Waals surface area contributed by atoms with Crippen molar-refractivity contribution in [3.63, 3.8) is 0 Å². The molecule has 1 heterocycles. The molecule has 0 bridgehead atoms. The number of nitrogens with zero attached hydrogens (tertiary/aromatic N) is 3. The van der Waals surface area contributed by atoms with Crippen LogP contribution in [0.3, 0.4) is 0 Å². The molecule has 1 aromatic heterocycles. The lowest BCUT2D eigenvalue weighted by Gasteiger charge is -2.10. The molecule has 0 atom stereocenters. The van der Waals surface area contributed by atoms with Gasteiger partial charge in [-0.1, -0.05) is 13.3 Å². The van der Waals surface area contributed by atoms with Crippen LogP contribution in [0.1, 0.15) is 25.6 Å². The monoisotopic (exact) mass is 331 g/mol. The van der Waals surface area contributed by atoms with Crippen LogP contribution in [0.25, 0.3) is 5.69 Å². The van der Waals surface area contributed by atoms with Crippen molar-refractivity contribution < 1.29 is 17.9 Å². The Morgan fingerprint density at radius 1 is 1.23 bits per heavy atom. The van der Waals surface area contributed by atoms with Gasteiger partial charge in [0.2, 0.25) is 10.6 Å². The van der Waals surface area contributed by atoms with Gasteiger partial charge in [-0.15, -0.1) is 5.10 Å². The first-order chi connectivity index (χ1) is 10.3. The molecule has 0 fully saturated rings. The molecular formula is C14H16F3N3OS. The summed E-state index contributed by atoms with van der Waals surface area (Å²) in [4.78, 5) is 0. The minimum absolute atomic E-state index is 0.0213. The van der Waals surface area contributed by atoms with E-state index in [1.165, 1.54) is 19.2 Å². The largest absolute Gasteiger partial charge is 0.494 e. The van der Waals surface area contributed by atoms with Crippen molar-refractivity contribution in [1.82, 2.24) is 14.3 Å². The van der Waals surface area contributed by atoms with E-state index in [4.69, 9.17) is 17.0 Å². The van der Waals surface area contributed by atoms with E-state index in [0.29, 0.717) is 18.0 Å². The van der Waals surface area contributed by atoms with E-state index < -0.39 is 12.0 Å². The minimum atomic E-state index is -4.58. The lowest BCUT2D eigenvalue weighted by atomic mass is 10.3. The highest BCUT2D eigenvalue weighted by atomic mass is 32.1. The maximum atomic E-state index is 13.0. The highest BCUT2D eigenvalue weighted by Crippen LogP contribution is 2.30. The average molecular weight is 331 g/mol. The molecule has 22 heavy (non-hydrogen) atoms. The number of ether oxygens (including phenoxy) is 1. The molecule has 0 unspecified atom stereocenters. The second-order valence-electron chi connectivity index (χ2n) is 4.76. The van der Waals surface area contributed by atoms with Gasteiger partial charge in [0.25, 0.3) is 0 Å². The van der Waals surface area contributed by atoms with E-state index in [0.717, 1.165) is 22.1 Å². The van der Waals surface area contributed by atoms with E-state index in [9.17, 15) is 13.2 Å². The van der Waals surface area contributed by atoms with Crippen molar-refractivity contribution in [3.8, 4) is 11.4 Å². The summed E-state index contributed by atoms with van der Waals surface area (Å²) < 4.78 is 46.5. The standard InChI is InChI=1S/C14H16F3N3OS/c1-3-4-9-21-11-7-5-10(6-8-11)20-12(14(15,16)17)18-19(2)13(20)22/h5-8H,3-4,9H2,1-2H3. The molecule has 0 aliphatic heterocycles. The molecule has 0 saturated carbocycles. The highest BCUT2D eigenvalue weighted by Gasteiger charge is 2.38. The summed E-state index contributed by atoms with van der Waals surface area (Å²) in [6, 6.07) is 6.32. The van der Waals surface area contributed by atoms with Crippen LogP contribution in [0.5, 0.6) is 5.75 Å². The highest BCUT2D eigenvalue weighted by molar-refractivity contribution is 7.71. The van der Waals surface area contributed by atoms with Crippen molar-refractivity contribution in [2.75, 3.05) is 6.61 Å². The fourth-order valence-corrected chi connectivity index (χ4v) is 2.14. The van der Waals surface area contributed by atoms with Gasteiger partial charge in [-0.05, 0) is 42.9 Å². The summed E-state index contributed by atoms with van der Waals surface area (Å²) in [5.41, 5.74) is 0.299. The molecule has 2 aromatic rings. The first kappa shape index (κ1) is 16.5. The number of halogens is 3. The SMILES string of the molecule is CCCCOc1ccc(-n2c(C(F)(F)F)nn(C)c2=S)cc1. The van der Waals surface area contributed by atoms with Gasteiger partial charge in [0.05, 0.1) is 12.3 Å². The van der Waals surface area contributed by atoms with Crippen molar-refractivity contribution in [1.29, 1.82) is 0 Å². The van der Waals surface area contributed by atoms with Crippen molar-refractivity contribution in [3.05, 3.63) is 34.9 Å². The lowest BCUT2D eigenvalue weighted by molar-refractivity contribution is -0.146. The lowest BCUT2D eigenvalue weighted by Crippen LogP contribution is -2.14.